The molecule has 138 valence electrons. The first kappa shape index (κ1) is 17.0. The summed E-state index contributed by atoms with van der Waals surface area (Å²) in [6.07, 6.45) is 3.79. The van der Waals surface area contributed by atoms with E-state index >= 15 is 0 Å². The Morgan fingerprint density at radius 3 is 2.19 bits per heavy atom. The minimum Gasteiger partial charge on any atom is -0.504 e. The quantitative estimate of drug-likeness (QED) is 0.340. The highest BCUT2D eigenvalue weighted by Crippen LogP contribution is 2.43. The van der Waals surface area contributed by atoms with Gasteiger partial charge in [0.1, 0.15) is 11.1 Å². The fourth-order valence-electron chi connectivity index (χ4n) is 3.52. The van der Waals surface area contributed by atoms with Crippen LogP contribution in [0.15, 0.2) is 42.7 Å². The third kappa shape index (κ3) is 2.44. The van der Waals surface area contributed by atoms with Gasteiger partial charge in [0.05, 0.1) is 33.8 Å². The second-order valence-electron chi connectivity index (χ2n) is 6.10. The van der Waals surface area contributed by atoms with E-state index in [2.05, 4.69) is 0 Å². The molecule has 27 heavy (non-hydrogen) atoms. The maximum atomic E-state index is 10.5. The van der Waals surface area contributed by atoms with Crippen molar-refractivity contribution in [1.29, 1.82) is 0 Å². The van der Waals surface area contributed by atoms with Crippen molar-refractivity contribution in [2.24, 2.45) is 0 Å². The minimum absolute atomic E-state index is 0.115. The molecule has 4 aromatic rings. The Hall–Kier alpha value is -3.41. The number of fused-ring (bicyclic) bond motifs is 4. The Morgan fingerprint density at radius 1 is 0.778 bits per heavy atom. The van der Waals surface area contributed by atoms with Crippen LogP contribution in [0, 0.1) is 0 Å². The largest absolute Gasteiger partial charge is 0.504 e. The molecular formula is C21H20NO5+. The zero-order valence-corrected chi connectivity index (χ0v) is 15.6. The molecule has 6 nitrogen and oxygen atoms in total. The van der Waals surface area contributed by atoms with Crippen LogP contribution < -0.4 is 23.3 Å². The van der Waals surface area contributed by atoms with Crippen molar-refractivity contribution >= 4 is 27.1 Å². The molecule has 4 rings (SSSR count). The fourth-order valence-corrected chi connectivity index (χ4v) is 3.52. The molecule has 2 heterocycles. The van der Waals surface area contributed by atoms with E-state index in [-0.39, 0.29) is 5.75 Å². The SMILES string of the molecule is COc1ccc2cc3c4c(OC)cc(OC)c(OC)c4cc[n+]3cc2c1O. The number of phenols is 1. The van der Waals surface area contributed by atoms with Gasteiger partial charge in [-0.25, -0.2) is 0 Å². The summed E-state index contributed by atoms with van der Waals surface area (Å²) in [5.74, 6) is 2.48. The third-order valence-corrected chi connectivity index (χ3v) is 4.82. The molecule has 2 aromatic heterocycles. The van der Waals surface area contributed by atoms with Gasteiger partial charge in [0.2, 0.25) is 5.52 Å². The molecule has 0 amide bonds. The van der Waals surface area contributed by atoms with E-state index in [1.54, 1.807) is 27.4 Å². The van der Waals surface area contributed by atoms with Crippen molar-refractivity contribution in [2.45, 2.75) is 0 Å². The summed E-state index contributed by atoms with van der Waals surface area (Å²) < 4.78 is 23.8. The molecule has 1 N–H and O–H groups in total. The Labute approximate surface area is 156 Å². The minimum atomic E-state index is 0.115. The van der Waals surface area contributed by atoms with Crippen molar-refractivity contribution in [2.75, 3.05) is 28.4 Å². The lowest BCUT2D eigenvalue weighted by Crippen LogP contribution is -2.21. The predicted molar refractivity (Wildman–Crippen MR) is 102 cm³/mol. The number of phenolic OH excluding ortho intramolecular Hbond substituents is 1. The van der Waals surface area contributed by atoms with Crippen LogP contribution in [-0.2, 0) is 0 Å². The van der Waals surface area contributed by atoms with E-state index in [4.69, 9.17) is 18.9 Å². The Balaban J connectivity index is 2.17. The lowest BCUT2D eigenvalue weighted by molar-refractivity contribution is -0.509. The highest BCUT2D eigenvalue weighted by atomic mass is 16.5. The van der Waals surface area contributed by atoms with E-state index in [1.165, 1.54) is 7.11 Å². The van der Waals surface area contributed by atoms with Crippen LogP contribution in [0.3, 0.4) is 0 Å². The molecule has 2 aromatic carbocycles. The van der Waals surface area contributed by atoms with Gasteiger partial charge >= 0.3 is 0 Å². The van der Waals surface area contributed by atoms with Crippen molar-refractivity contribution in [3.8, 4) is 28.7 Å². The predicted octanol–water partition coefficient (Wildman–Crippen LogP) is 3.47. The maximum absolute atomic E-state index is 10.5. The topological polar surface area (TPSA) is 61.2 Å². The highest BCUT2D eigenvalue weighted by molar-refractivity contribution is 6.05. The first-order valence-electron chi connectivity index (χ1n) is 8.39. The van der Waals surface area contributed by atoms with Crippen LogP contribution >= 0.6 is 0 Å². The molecule has 0 atom stereocenters. The second-order valence-corrected chi connectivity index (χ2v) is 6.10. The van der Waals surface area contributed by atoms with Crippen LogP contribution in [0.5, 0.6) is 28.7 Å². The molecule has 0 fully saturated rings. The van der Waals surface area contributed by atoms with Gasteiger partial charge < -0.3 is 24.1 Å². The van der Waals surface area contributed by atoms with Crippen LogP contribution in [0.2, 0.25) is 0 Å². The smallest absolute Gasteiger partial charge is 0.223 e. The Bertz CT molecular complexity index is 1190. The van der Waals surface area contributed by atoms with Crippen LogP contribution in [0.4, 0.5) is 0 Å². The summed E-state index contributed by atoms with van der Waals surface area (Å²) in [5.41, 5.74) is 0.919. The average Bonchev–Trinajstić information content (AvgIpc) is 2.71. The van der Waals surface area contributed by atoms with Gasteiger partial charge in [0.15, 0.2) is 35.4 Å². The lowest BCUT2D eigenvalue weighted by atomic mass is 10.0. The van der Waals surface area contributed by atoms with Crippen molar-refractivity contribution in [3.05, 3.63) is 42.7 Å². The molecule has 0 radical (unpaired) electrons. The number of aromatic hydroxyl groups is 1. The Kier molecular flexibility index (Phi) is 4.03. The first-order valence-corrected chi connectivity index (χ1v) is 8.39. The zero-order valence-electron chi connectivity index (χ0n) is 15.6. The van der Waals surface area contributed by atoms with E-state index < -0.39 is 0 Å². The van der Waals surface area contributed by atoms with E-state index in [0.29, 0.717) is 28.4 Å². The summed E-state index contributed by atoms with van der Waals surface area (Å²) in [5, 5.41) is 13.8. The Morgan fingerprint density at radius 2 is 1.52 bits per heavy atom. The zero-order chi connectivity index (χ0) is 19.1. The number of nitrogens with zero attached hydrogens (tertiary/aromatic N) is 1. The van der Waals surface area contributed by atoms with Gasteiger partial charge in [-0.3, -0.25) is 0 Å². The van der Waals surface area contributed by atoms with Crippen molar-refractivity contribution in [3.63, 3.8) is 0 Å². The highest BCUT2D eigenvalue weighted by Gasteiger charge is 2.21. The van der Waals surface area contributed by atoms with E-state index in [1.807, 2.05) is 41.1 Å². The van der Waals surface area contributed by atoms with Gasteiger partial charge in [0, 0.05) is 23.6 Å². The number of aromatic nitrogens is 1. The molecule has 0 aliphatic rings. The van der Waals surface area contributed by atoms with Crippen molar-refractivity contribution < 1.29 is 28.5 Å². The second kappa shape index (κ2) is 6.39. The van der Waals surface area contributed by atoms with E-state index in [0.717, 1.165) is 21.7 Å². The molecule has 0 saturated heterocycles. The first-order chi connectivity index (χ1) is 13.1. The van der Waals surface area contributed by atoms with E-state index in [9.17, 15) is 5.11 Å². The van der Waals surface area contributed by atoms with Crippen LogP contribution in [0.25, 0.3) is 27.1 Å². The molecule has 0 aliphatic carbocycles. The number of rotatable bonds is 4. The normalized spacial score (nSPS) is 11.1. The average molecular weight is 366 g/mol. The third-order valence-electron chi connectivity index (χ3n) is 4.82. The standard InChI is InChI=1S/C21H19NO5/c1-24-16-6-5-12-9-15-19-13(7-8-22(15)11-14(12)20(16)23)21(27-4)18(26-3)10-17(19)25-2/h5-11H,1-4H3/p+1. The molecule has 0 spiro atoms. The molecule has 0 unspecified atom stereocenters. The number of pyridine rings is 2. The molecular weight excluding hydrogens is 346 g/mol. The summed E-state index contributed by atoms with van der Waals surface area (Å²) in [6.45, 7) is 0. The summed E-state index contributed by atoms with van der Waals surface area (Å²) >= 11 is 0. The summed E-state index contributed by atoms with van der Waals surface area (Å²) in [4.78, 5) is 0. The van der Waals surface area contributed by atoms with Gasteiger partial charge in [-0.2, -0.15) is 4.40 Å². The maximum Gasteiger partial charge on any atom is 0.223 e. The number of benzene rings is 2. The van der Waals surface area contributed by atoms with Crippen molar-refractivity contribution in [1.82, 2.24) is 0 Å². The van der Waals surface area contributed by atoms with Gasteiger partial charge in [-0.05, 0) is 17.5 Å². The summed E-state index contributed by atoms with van der Waals surface area (Å²) in [6, 6.07) is 9.43. The van der Waals surface area contributed by atoms with Gasteiger partial charge in [-0.15, -0.1) is 0 Å². The molecule has 0 saturated carbocycles. The number of methoxy groups -OCH3 is 4. The van der Waals surface area contributed by atoms with Gasteiger partial charge in [-0.1, -0.05) is 0 Å². The van der Waals surface area contributed by atoms with Gasteiger partial charge in [0.25, 0.3) is 0 Å². The number of hydrogen-bond acceptors (Lipinski definition) is 5. The van der Waals surface area contributed by atoms with Crippen LogP contribution in [0.1, 0.15) is 0 Å². The molecule has 0 bridgehead atoms. The molecule has 0 aliphatic heterocycles. The monoisotopic (exact) mass is 366 g/mol. The van der Waals surface area contributed by atoms with Crippen LogP contribution in [-0.4, -0.2) is 33.5 Å². The lowest BCUT2D eigenvalue weighted by Gasteiger charge is -2.14. The number of hydrogen-bond donors (Lipinski definition) is 1. The number of ether oxygens (including phenoxy) is 4. The fraction of sp³-hybridized carbons (Fsp3) is 0.190. The summed E-state index contributed by atoms with van der Waals surface area (Å²) in [7, 11) is 6.38. The molecule has 6 heteroatoms.